The fourth-order valence-electron chi connectivity index (χ4n) is 5.12. The minimum absolute atomic E-state index is 0.0863. The van der Waals surface area contributed by atoms with E-state index in [0.29, 0.717) is 18.1 Å². The summed E-state index contributed by atoms with van der Waals surface area (Å²) < 4.78 is 34.5. The molecule has 3 aliphatic carbocycles. The third-order valence-electron chi connectivity index (χ3n) is 7.19. The molecule has 0 bridgehead atoms. The molecule has 144 valence electrons. The summed E-state index contributed by atoms with van der Waals surface area (Å²) >= 11 is 0. The fraction of sp³-hybridized carbons (Fsp3) is 0.739. The summed E-state index contributed by atoms with van der Waals surface area (Å²) in [6, 6.07) is 3.42. The number of halogens is 2. The molecule has 0 unspecified atom stereocenters. The number of hydrogen-bond acceptors (Lipinski definition) is 1. The minimum atomic E-state index is -0.786. The molecular formula is C23H32F2O. The van der Waals surface area contributed by atoms with Crippen molar-refractivity contribution in [1.82, 2.24) is 0 Å². The Labute approximate surface area is 156 Å². The van der Waals surface area contributed by atoms with Crippen molar-refractivity contribution in [2.24, 2.45) is 23.7 Å². The molecular weight excluding hydrogens is 330 g/mol. The van der Waals surface area contributed by atoms with Gasteiger partial charge in [-0.05, 0) is 92.6 Å². The van der Waals surface area contributed by atoms with Crippen LogP contribution < -0.4 is 4.74 Å². The van der Waals surface area contributed by atoms with Gasteiger partial charge in [0.15, 0.2) is 11.6 Å². The molecule has 3 saturated carbocycles. The van der Waals surface area contributed by atoms with Crippen molar-refractivity contribution in [3.63, 3.8) is 0 Å². The van der Waals surface area contributed by atoms with Gasteiger partial charge in [0.05, 0.1) is 6.61 Å². The highest BCUT2D eigenvalue weighted by molar-refractivity contribution is 5.33. The van der Waals surface area contributed by atoms with Gasteiger partial charge in [-0.25, -0.2) is 4.39 Å². The minimum Gasteiger partial charge on any atom is -0.490 e. The lowest BCUT2D eigenvalue weighted by molar-refractivity contribution is 0.164. The summed E-state index contributed by atoms with van der Waals surface area (Å²) in [6.07, 6.45) is 12.1. The Morgan fingerprint density at radius 1 is 0.808 bits per heavy atom. The zero-order valence-corrected chi connectivity index (χ0v) is 16.0. The lowest BCUT2D eigenvalue weighted by Gasteiger charge is -2.37. The van der Waals surface area contributed by atoms with Crippen molar-refractivity contribution < 1.29 is 13.5 Å². The first-order valence-electron chi connectivity index (χ1n) is 10.7. The topological polar surface area (TPSA) is 9.23 Å². The summed E-state index contributed by atoms with van der Waals surface area (Å²) in [5.41, 5.74) is 0.567. The molecule has 0 saturated heterocycles. The van der Waals surface area contributed by atoms with Crippen LogP contribution in [-0.4, -0.2) is 6.61 Å². The van der Waals surface area contributed by atoms with E-state index >= 15 is 0 Å². The summed E-state index contributed by atoms with van der Waals surface area (Å²) in [5, 5.41) is 0. The van der Waals surface area contributed by atoms with E-state index in [1.54, 1.807) is 12.1 Å². The average Bonchev–Trinajstić information content (AvgIpc) is 3.48. The van der Waals surface area contributed by atoms with E-state index in [-0.39, 0.29) is 11.7 Å². The Morgan fingerprint density at radius 2 is 1.42 bits per heavy atom. The largest absolute Gasteiger partial charge is 0.490 e. The predicted octanol–water partition coefficient (Wildman–Crippen LogP) is 6.85. The van der Waals surface area contributed by atoms with Gasteiger partial charge in [-0.3, -0.25) is 0 Å². The van der Waals surface area contributed by atoms with E-state index in [1.165, 1.54) is 38.5 Å². The highest BCUT2D eigenvalue weighted by atomic mass is 19.2. The van der Waals surface area contributed by atoms with E-state index < -0.39 is 11.6 Å². The van der Waals surface area contributed by atoms with Crippen LogP contribution in [0.4, 0.5) is 8.78 Å². The molecule has 3 aliphatic rings. The van der Waals surface area contributed by atoms with Crippen molar-refractivity contribution in [3.05, 3.63) is 29.3 Å². The van der Waals surface area contributed by atoms with Crippen LogP contribution in [0.15, 0.2) is 12.1 Å². The molecule has 0 heterocycles. The van der Waals surface area contributed by atoms with Crippen molar-refractivity contribution in [2.75, 3.05) is 6.61 Å². The lowest BCUT2D eigenvalue weighted by Crippen LogP contribution is -2.25. The third-order valence-corrected chi connectivity index (χ3v) is 7.19. The van der Waals surface area contributed by atoms with Gasteiger partial charge in [0.2, 0.25) is 5.82 Å². The molecule has 26 heavy (non-hydrogen) atoms. The second-order valence-electron chi connectivity index (χ2n) is 9.17. The lowest BCUT2D eigenvalue weighted by atomic mass is 9.68. The molecule has 0 N–H and O–H groups in total. The number of rotatable bonds is 5. The SMILES string of the molecule is CC1CCC(C2CCC(c3ccc(OCC4CC4)c(F)c3F)CC2)CC1. The molecule has 1 nitrogen and oxygen atoms in total. The standard InChI is InChI=1S/C23H32F2O/c1-15-2-6-17(7-3-15)18-8-10-19(11-9-18)20-12-13-21(23(25)22(20)24)26-14-16-4-5-16/h12-13,15-19H,2-11,14H2,1H3. The first kappa shape index (κ1) is 18.3. The van der Waals surface area contributed by atoms with E-state index in [2.05, 4.69) is 6.92 Å². The van der Waals surface area contributed by atoms with Gasteiger partial charge in [-0.15, -0.1) is 0 Å². The normalized spacial score (nSPS) is 32.4. The molecule has 1 aromatic rings. The summed E-state index contributed by atoms with van der Waals surface area (Å²) in [5.74, 6) is 1.89. The van der Waals surface area contributed by atoms with Crippen LogP contribution in [0.1, 0.15) is 82.6 Å². The maximum absolute atomic E-state index is 14.6. The molecule has 0 amide bonds. The van der Waals surface area contributed by atoms with Crippen LogP contribution in [0, 0.1) is 35.3 Å². The second kappa shape index (κ2) is 7.86. The summed E-state index contributed by atoms with van der Waals surface area (Å²) in [6.45, 7) is 2.88. The molecule has 0 aliphatic heterocycles. The Kier molecular flexibility index (Phi) is 5.52. The van der Waals surface area contributed by atoms with Gasteiger partial charge in [0, 0.05) is 0 Å². The molecule has 0 spiro atoms. The highest BCUT2D eigenvalue weighted by Crippen LogP contribution is 2.44. The van der Waals surface area contributed by atoms with Gasteiger partial charge < -0.3 is 4.74 Å². The molecule has 0 atom stereocenters. The summed E-state index contributed by atoms with van der Waals surface area (Å²) in [7, 11) is 0. The van der Waals surface area contributed by atoms with Crippen LogP contribution in [-0.2, 0) is 0 Å². The van der Waals surface area contributed by atoms with Crippen molar-refractivity contribution >= 4 is 0 Å². The Hall–Kier alpha value is -1.12. The monoisotopic (exact) mass is 362 g/mol. The van der Waals surface area contributed by atoms with E-state index in [1.807, 2.05) is 0 Å². The average molecular weight is 363 g/mol. The maximum Gasteiger partial charge on any atom is 0.200 e. The van der Waals surface area contributed by atoms with Gasteiger partial charge in [0.25, 0.3) is 0 Å². The van der Waals surface area contributed by atoms with Gasteiger partial charge in [0.1, 0.15) is 0 Å². The highest BCUT2D eigenvalue weighted by Gasteiger charge is 2.32. The summed E-state index contributed by atoms with van der Waals surface area (Å²) in [4.78, 5) is 0. The van der Waals surface area contributed by atoms with Gasteiger partial charge >= 0.3 is 0 Å². The van der Waals surface area contributed by atoms with E-state index in [9.17, 15) is 8.78 Å². The zero-order valence-electron chi connectivity index (χ0n) is 16.0. The fourth-order valence-corrected chi connectivity index (χ4v) is 5.12. The molecule has 3 fully saturated rings. The number of benzene rings is 1. The van der Waals surface area contributed by atoms with E-state index in [0.717, 1.165) is 43.4 Å². The number of ether oxygens (including phenoxy) is 1. The van der Waals surface area contributed by atoms with Crippen LogP contribution in [0.5, 0.6) is 5.75 Å². The van der Waals surface area contributed by atoms with Crippen LogP contribution in [0.3, 0.4) is 0 Å². The third kappa shape index (κ3) is 4.07. The first-order chi connectivity index (χ1) is 12.6. The molecule has 4 rings (SSSR count). The Bertz CT molecular complexity index is 609. The van der Waals surface area contributed by atoms with E-state index in [4.69, 9.17) is 4.74 Å². The Morgan fingerprint density at radius 3 is 2.04 bits per heavy atom. The zero-order chi connectivity index (χ0) is 18.1. The van der Waals surface area contributed by atoms with Gasteiger partial charge in [-0.1, -0.05) is 25.8 Å². The smallest absolute Gasteiger partial charge is 0.200 e. The van der Waals surface area contributed by atoms with Crippen LogP contribution in [0.25, 0.3) is 0 Å². The second-order valence-corrected chi connectivity index (χ2v) is 9.17. The number of hydrogen-bond donors (Lipinski definition) is 0. The maximum atomic E-state index is 14.6. The van der Waals surface area contributed by atoms with Crippen molar-refractivity contribution in [3.8, 4) is 5.75 Å². The molecule has 0 radical (unpaired) electrons. The first-order valence-corrected chi connectivity index (χ1v) is 10.7. The van der Waals surface area contributed by atoms with Gasteiger partial charge in [-0.2, -0.15) is 4.39 Å². The van der Waals surface area contributed by atoms with Crippen LogP contribution >= 0.6 is 0 Å². The molecule has 3 heteroatoms. The molecule has 0 aromatic heterocycles. The Balaban J connectivity index is 1.35. The quantitative estimate of drug-likeness (QED) is 0.556. The van der Waals surface area contributed by atoms with Crippen molar-refractivity contribution in [2.45, 2.75) is 77.0 Å². The van der Waals surface area contributed by atoms with Crippen molar-refractivity contribution in [1.29, 1.82) is 0 Å². The predicted molar refractivity (Wildman–Crippen MR) is 100 cm³/mol. The molecule has 1 aromatic carbocycles. The van der Waals surface area contributed by atoms with Crippen LogP contribution in [0.2, 0.25) is 0 Å².